The van der Waals surface area contributed by atoms with E-state index in [1.165, 1.54) is 16.8 Å². The molecule has 2 aliphatic heterocycles. The average Bonchev–Trinajstić information content (AvgIpc) is 3.26. The molecule has 2 aromatic rings. The molecule has 0 radical (unpaired) electrons. The number of benzene rings is 1. The van der Waals surface area contributed by atoms with E-state index >= 15 is 0 Å². The lowest BCUT2D eigenvalue weighted by Crippen LogP contribution is -2.47. The molecular weight excluding hydrogens is 350 g/mol. The SMILES string of the molecule is CCn1c(C)cc(C(=O)CN2CCN(Cc3ccc4c(c3)CCO4)CC2)c1C. The average molecular weight is 382 g/mol. The Labute approximate surface area is 167 Å². The van der Waals surface area contributed by atoms with E-state index in [2.05, 4.69) is 59.4 Å². The van der Waals surface area contributed by atoms with Crippen LogP contribution in [0.25, 0.3) is 0 Å². The van der Waals surface area contributed by atoms with Crippen LogP contribution in [0.4, 0.5) is 0 Å². The van der Waals surface area contributed by atoms with Gasteiger partial charge in [0.2, 0.25) is 0 Å². The van der Waals surface area contributed by atoms with Crippen LogP contribution in [0.5, 0.6) is 5.75 Å². The highest BCUT2D eigenvalue weighted by Crippen LogP contribution is 2.26. The predicted octanol–water partition coefficient (Wildman–Crippen LogP) is 3.06. The van der Waals surface area contributed by atoms with E-state index < -0.39 is 0 Å². The van der Waals surface area contributed by atoms with E-state index in [1.54, 1.807) is 0 Å². The molecule has 0 N–H and O–H groups in total. The van der Waals surface area contributed by atoms with Crippen molar-refractivity contribution < 1.29 is 9.53 Å². The molecule has 0 spiro atoms. The first-order chi connectivity index (χ1) is 13.5. The van der Waals surface area contributed by atoms with Crippen molar-refractivity contribution in [1.82, 2.24) is 14.4 Å². The molecule has 4 rings (SSSR count). The minimum absolute atomic E-state index is 0.250. The predicted molar refractivity (Wildman–Crippen MR) is 111 cm³/mol. The van der Waals surface area contributed by atoms with Crippen molar-refractivity contribution in [3.05, 3.63) is 52.3 Å². The number of hydrogen-bond acceptors (Lipinski definition) is 4. The Kier molecular flexibility index (Phi) is 5.56. The molecule has 150 valence electrons. The number of aromatic nitrogens is 1. The van der Waals surface area contributed by atoms with Crippen molar-refractivity contribution in [2.24, 2.45) is 0 Å². The highest BCUT2D eigenvalue weighted by Gasteiger charge is 2.22. The van der Waals surface area contributed by atoms with Crippen molar-refractivity contribution >= 4 is 5.78 Å². The van der Waals surface area contributed by atoms with Crippen LogP contribution in [0.1, 0.15) is 39.8 Å². The first-order valence-electron chi connectivity index (χ1n) is 10.4. The van der Waals surface area contributed by atoms with Gasteiger partial charge in [0.05, 0.1) is 13.2 Å². The lowest BCUT2D eigenvalue weighted by atomic mass is 10.1. The van der Waals surface area contributed by atoms with Crippen LogP contribution in [0.15, 0.2) is 24.3 Å². The minimum atomic E-state index is 0.250. The zero-order valence-corrected chi connectivity index (χ0v) is 17.3. The van der Waals surface area contributed by atoms with Gasteiger partial charge >= 0.3 is 0 Å². The maximum atomic E-state index is 12.8. The summed E-state index contributed by atoms with van der Waals surface area (Å²) in [5, 5.41) is 0. The van der Waals surface area contributed by atoms with Crippen LogP contribution in [0.2, 0.25) is 0 Å². The first-order valence-corrected chi connectivity index (χ1v) is 10.4. The fourth-order valence-electron chi connectivity index (χ4n) is 4.56. The number of rotatable bonds is 6. The lowest BCUT2D eigenvalue weighted by Gasteiger charge is -2.34. The zero-order chi connectivity index (χ0) is 19.7. The third kappa shape index (κ3) is 3.87. The Morgan fingerprint density at radius 1 is 1.07 bits per heavy atom. The molecule has 0 atom stereocenters. The molecular formula is C23H31N3O2. The summed E-state index contributed by atoms with van der Waals surface area (Å²) in [4.78, 5) is 17.6. The van der Waals surface area contributed by atoms with Gasteiger partial charge in [0.25, 0.3) is 0 Å². The molecule has 0 amide bonds. The summed E-state index contributed by atoms with van der Waals surface area (Å²) in [6, 6.07) is 8.64. The summed E-state index contributed by atoms with van der Waals surface area (Å²) in [5.74, 6) is 1.30. The van der Waals surface area contributed by atoms with Crippen molar-refractivity contribution in [2.45, 2.75) is 40.3 Å². The van der Waals surface area contributed by atoms with Gasteiger partial charge in [-0.15, -0.1) is 0 Å². The van der Waals surface area contributed by atoms with Gasteiger partial charge in [-0.05, 0) is 44.0 Å². The fourth-order valence-corrected chi connectivity index (χ4v) is 4.56. The number of Topliss-reactive ketones (excluding diaryl/α,β-unsaturated/α-hetero) is 1. The van der Waals surface area contributed by atoms with Crippen molar-refractivity contribution in [2.75, 3.05) is 39.3 Å². The van der Waals surface area contributed by atoms with Gasteiger partial charge in [-0.3, -0.25) is 14.6 Å². The largest absolute Gasteiger partial charge is 0.493 e. The van der Waals surface area contributed by atoms with Crippen LogP contribution >= 0.6 is 0 Å². The van der Waals surface area contributed by atoms with Gasteiger partial charge in [0.15, 0.2) is 5.78 Å². The molecule has 2 aliphatic rings. The zero-order valence-electron chi connectivity index (χ0n) is 17.3. The second kappa shape index (κ2) is 8.10. The van der Waals surface area contributed by atoms with Gasteiger partial charge in [0, 0.05) is 62.6 Å². The molecule has 5 nitrogen and oxygen atoms in total. The molecule has 0 saturated carbocycles. The van der Waals surface area contributed by atoms with Gasteiger partial charge < -0.3 is 9.30 Å². The number of hydrogen-bond donors (Lipinski definition) is 0. The number of fused-ring (bicyclic) bond motifs is 1. The van der Waals surface area contributed by atoms with Gasteiger partial charge in [-0.1, -0.05) is 12.1 Å². The molecule has 1 aromatic heterocycles. The Balaban J connectivity index is 1.30. The standard InChI is InChI=1S/C23H31N3O2/c1-4-26-17(2)13-21(18(26)3)22(27)16-25-10-8-24(9-11-25)15-19-5-6-23-20(14-19)7-12-28-23/h5-6,13-14H,4,7-12,15-16H2,1-3H3. The maximum Gasteiger partial charge on any atom is 0.178 e. The van der Waals surface area contributed by atoms with Crippen LogP contribution < -0.4 is 4.74 Å². The molecule has 1 fully saturated rings. The van der Waals surface area contributed by atoms with Crippen molar-refractivity contribution in [3.8, 4) is 5.75 Å². The number of nitrogens with zero attached hydrogens (tertiary/aromatic N) is 3. The minimum Gasteiger partial charge on any atom is -0.493 e. The lowest BCUT2D eigenvalue weighted by molar-refractivity contribution is 0.0843. The third-order valence-electron chi connectivity index (χ3n) is 6.18. The van der Waals surface area contributed by atoms with E-state index in [1.807, 2.05) is 0 Å². The molecule has 0 bridgehead atoms. The second-order valence-corrected chi connectivity index (χ2v) is 8.05. The van der Waals surface area contributed by atoms with E-state index in [4.69, 9.17) is 4.74 Å². The van der Waals surface area contributed by atoms with Crippen molar-refractivity contribution in [3.63, 3.8) is 0 Å². The normalized spacial score (nSPS) is 17.5. The molecule has 5 heteroatoms. The van der Waals surface area contributed by atoms with Gasteiger partial charge in [0.1, 0.15) is 5.75 Å². The van der Waals surface area contributed by atoms with Gasteiger partial charge in [-0.2, -0.15) is 0 Å². The quantitative estimate of drug-likeness (QED) is 0.721. The molecule has 1 saturated heterocycles. The Hall–Kier alpha value is -2.11. The van der Waals surface area contributed by atoms with E-state index in [-0.39, 0.29) is 5.78 Å². The maximum absolute atomic E-state index is 12.8. The summed E-state index contributed by atoms with van der Waals surface area (Å²) in [7, 11) is 0. The molecule has 0 unspecified atom stereocenters. The van der Waals surface area contributed by atoms with E-state index in [0.29, 0.717) is 6.54 Å². The highest BCUT2D eigenvalue weighted by atomic mass is 16.5. The first kappa shape index (κ1) is 19.2. The summed E-state index contributed by atoms with van der Waals surface area (Å²) in [6.07, 6.45) is 1.03. The monoisotopic (exact) mass is 381 g/mol. The number of carbonyl (C=O) groups is 1. The highest BCUT2D eigenvalue weighted by molar-refractivity contribution is 5.99. The van der Waals surface area contributed by atoms with Crippen LogP contribution in [-0.4, -0.2) is 59.5 Å². The topological polar surface area (TPSA) is 37.7 Å². The van der Waals surface area contributed by atoms with E-state index in [9.17, 15) is 4.79 Å². The van der Waals surface area contributed by atoms with Crippen LogP contribution in [0.3, 0.4) is 0 Å². The van der Waals surface area contributed by atoms with E-state index in [0.717, 1.165) is 69.3 Å². The van der Waals surface area contributed by atoms with Crippen LogP contribution in [0, 0.1) is 13.8 Å². The Bertz CT molecular complexity index is 863. The molecule has 0 aliphatic carbocycles. The number of ether oxygens (including phenoxy) is 1. The molecule has 1 aromatic carbocycles. The van der Waals surface area contributed by atoms with Gasteiger partial charge in [-0.25, -0.2) is 0 Å². The molecule has 28 heavy (non-hydrogen) atoms. The summed E-state index contributed by atoms with van der Waals surface area (Å²) >= 11 is 0. The summed E-state index contributed by atoms with van der Waals surface area (Å²) in [6.45, 7) is 13.4. The smallest absolute Gasteiger partial charge is 0.178 e. The van der Waals surface area contributed by atoms with Crippen molar-refractivity contribution in [1.29, 1.82) is 0 Å². The van der Waals surface area contributed by atoms with Crippen LogP contribution in [-0.2, 0) is 19.5 Å². The number of piperazine rings is 1. The third-order valence-corrected chi connectivity index (χ3v) is 6.18. The molecule has 3 heterocycles. The Morgan fingerprint density at radius 2 is 1.82 bits per heavy atom. The summed E-state index contributed by atoms with van der Waals surface area (Å²) < 4.78 is 7.82. The number of carbonyl (C=O) groups excluding carboxylic acids is 1. The number of ketones is 1. The Morgan fingerprint density at radius 3 is 2.54 bits per heavy atom. The fraction of sp³-hybridized carbons (Fsp3) is 0.522. The summed E-state index contributed by atoms with van der Waals surface area (Å²) in [5.41, 5.74) is 5.87. The second-order valence-electron chi connectivity index (χ2n) is 8.05. The number of aryl methyl sites for hydroxylation is 1.